The topological polar surface area (TPSA) is 104 Å². The van der Waals surface area contributed by atoms with Gasteiger partial charge in [0.2, 0.25) is 11.9 Å². The Morgan fingerprint density at radius 3 is 2.62 bits per heavy atom. The smallest absolute Gasteiger partial charge is 0.237 e. The third-order valence-corrected chi connectivity index (χ3v) is 7.24. The van der Waals surface area contributed by atoms with E-state index in [1.54, 1.807) is 19.1 Å². The highest BCUT2D eigenvalue weighted by molar-refractivity contribution is 6.35. The number of nitrogens with zero attached hydrogens (tertiary/aromatic N) is 6. The fourth-order valence-electron chi connectivity index (χ4n) is 4.47. The molecule has 1 fully saturated rings. The molecule has 202 valence electrons. The fraction of sp³-hybridized carbons (Fsp3) is 0.393. The van der Waals surface area contributed by atoms with E-state index in [0.717, 1.165) is 12.8 Å². The molecule has 1 unspecified atom stereocenters. The largest absolute Gasteiger partial charge is 0.383 e. The summed E-state index contributed by atoms with van der Waals surface area (Å²) in [7, 11) is 0. The van der Waals surface area contributed by atoms with Crippen LogP contribution >= 0.6 is 11.6 Å². The molecule has 0 amide bonds. The number of aryl methyl sites for hydroxylation is 1. The highest BCUT2D eigenvalue weighted by atomic mass is 35.5. The number of halogens is 3. The predicted octanol–water partition coefficient (Wildman–Crippen LogP) is 6.50. The van der Waals surface area contributed by atoms with E-state index in [-0.39, 0.29) is 11.1 Å². The molecule has 1 saturated carbocycles. The van der Waals surface area contributed by atoms with Gasteiger partial charge in [-0.2, -0.15) is 14.0 Å². The van der Waals surface area contributed by atoms with Gasteiger partial charge in [0.15, 0.2) is 0 Å². The first-order chi connectivity index (χ1) is 18.4. The Morgan fingerprint density at radius 2 is 1.97 bits per heavy atom. The molecule has 4 aromatic rings. The van der Waals surface area contributed by atoms with Crippen molar-refractivity contribution in [2.24, 2.45) is 5.41 Å². The van der Waals surface area contributed by atoms with Crippen LogP contribution in [0.3, 0.4) is 0 Å². The molecular formula is C28H29ClF2N8. The zero-order valence-electron chi connectivity index (χ0n) is 22.4. The minimum absolute atomic E-state index is 0.0538. The Morgan fingerprint density at radius 1 is 1.23 bits per heavy atom. The van der Waals surface area contributed by atoms with Crippen LogP contribution in [0.15, 0.2) is 30.5 Å². The van der Waals surface area contributed by atoms with Gasteiger partial charge in [0.1, 0.15) is 17.8 Å². The minimum Gasteiger partial charge on any atom is -0.383 e. The number of anilines is 2. The van der Waals surface area contributed by atoms with Gasteiger partial charge < -0.3 is 10.6 Å². The van der Waals surface area contributed by atoms with E-state index >= 15 is 4.39 Å². The Bertz CT molecular complexity index is 1610. The lowest BCUT2D eigenvalue weighted by atomic mass is 9.96. The van der Waals surface area contributed by atoms with Crippen LogP contribution in [-0.2, 0) is 5.54 Å². The SMILES string of the molecule is Cc1nc(F)ccc1C(Nc1cc(Cl)c2ncc(C#N)c(NCC(C)(C)C)c2c1)c1nnn(C2(C)CC2)c1F. The molecule has 1 atom stereocenters. The zero-order valence-corrected chi connectivity index (χ0v) is 23.2. The Balaban J connectivity index is 1.63. The highest BCUT2D eigenvalue weighted by Crippen LogP contribution is 2.44. The fourth-order valence-corrected chi connectivity index (χ4v) is 4.74. The maximum absolute atomic E-state index is 15.7. The maximum Gasteiger partial charge on any atom is 0.237 e. The lowest BCUT2D eigenvalue weighted by Gasteiger charge is -2.23. The van der Waals surface area contributed by atoms with E-state index < -0.39 is 23.5 Å². The molecule has 3 aromatic heterocycles. The molecule has 0 bridgehead atoms. The van der Waals surface area contributed by atoms with Crippen LogP contribution in [0, 0.1) is 35.6 Å². The van der Waals surface area contributed by atoms with Crippen LogP contribution in [0.2, 0.25) is 5.02 Å². The molecule has 39 heavy (non-hydrogen) atoms. The average Bonchev–Trinajstić information content (AvgIpc) is 3.49. The van der Waals surface area contributed by atoms with Crippen molar-refractivity contribution >= 4 is 33.9 Å². The maximum atomic E-state index is 15.7. The summed E-state index contributed by atoms with van der Waals surface area (Å²) >= 11 is 6.67. The minimum atomic E-state index is -0.846. The number of pyridine rings is 2. The van der Waals surface area contributed by atoms with Crippen LogP contribution in [0.4, 0.5) is 20.2 Å². The quantitative estimate of drug-likeness (QED) is 0.253. The molecule has 0 spiro atoms. The number of rotatable bonds is 7. The molecule has 11 heteroatoms. The number of nitrogens with one attached hydrogen (secondary N) is 2. The van der Waals surface area contributed by atoms with Gasteiger partial charge in [0.05, 0.1) is 27.3 Å². The number of nitriles is 1. The van der Waals surface area contributed by atoms with E-state index in [4.69, 9.17) is 11.6 Å². The van der Waals surface area contributed by atoms with E-state index in [1.807, 2.05) is 13.0 Å². The zero-order chi connectivity index (χ0) is 28.1. The van der Waals surface area contributed by atoms with Crippen molar-refractivity contribution in [3.63, 3.8) is 0 Å². The first-order valence-electron chi connectivity index (χ1n) is 12.7. The number of fused-ring (bicyclic) bond motifs is 1. The van der Waals surface area contributed by atoms with Gasteiger partial charge in [-0.3, -0.25) is 4.98 Å². The van der Waals surface area contributed by atoms with Gasteiger partial charge in [-0.1, -0.05) is 43.7 Å². The monoisotopic (exact) mass is 550 g/mol. The summed E-state index contributed by atoms with van der Waals surface area (Å²) in [4.78, 5) is 8.35. The van der Waals surface area contributed by atoms with Crippen LogP contribution in [-0.4, -0.2) is 31.5 Å². The molecule has 0 aliphatic heterocycles. The van der Waals surface area contributed by atoms with Gasteiger partial charge in [-0.25, -0.2) is 9.67 Å². The number of hydrogen-bond acceptors (Lipinski definition) is 7. The second kappa shape index (κ2) is 9.72. The standard InChI is InChI=1S/C28H29ClF2N8/c1-15-18(6-7-21(30)35-15)24(25-26(31)39(38-37-25)28(5)8-9-28)36-17-10-19-22(34-14-27(2,3)4)16(12-32)13-33-23(19)20(29)11-17/h6-7,10-11,13,24,36H,8-9,14H2,1-5H3,(H,33,34). The molecular weight excluding hydrogens is 522 g/mol. The molecule has 0 saturated heterocycles. The summed E-state index contributed by atoms with van der Waals surface area (Å²) in [5, 5.41) is 25.8. The van der Waals surface area contributed by atoms with E-state index in [1.165, 1.54) is 16.9 Å². The molecule has 0 radical (unpaired) electrons. The number of aromatic nitrogens is 5. The summed E-state index contributed by atoms with van der Waals surface area (Å²) in [6, 6.07) is 7.62. The van der Waals surface area contributed by atoms with Crippen molar-refractivity contribution in [2.45, 2.75) is 59.0 Å². The summed E-state index contributed by atoms with van der Waals surface area (Å²) in [5.74, 6) is -1.20. The third kappa shape index (κ3) is 5.23. The van der Waals surface area contributed by atoms with Crippen LogP contribution < -0.4 is 10.6 Å². The van der Waals surface area contributed by atoms with E-state index in [9.17, 15) is 9.65 Å². The molecule has 5 rings (SSSR count). The first kappa shape index (κ1) is 26.8. The third-order valence-electron chi connectivity index (χ3n) is 6.95. The summed E-state index contributed by atoms with van der Waals surface area (Å²) < 4.78 is 31.0. The molecule has 8 nitrogen and oxygen atoms in total. The van der Waals surface area contributed by atoms with Crippen molar-refractivity contribution < 1.29 is 8.78 Å². The average molecular weight is 551 g/mol. The summed E-state index contributed by atoms with van der Waals surface area (Å²) in [6.07, 6.45) is 3.11. The summed E-state index contributed by atoms with van der Waals surface area (Å²) in [6.45, 7) is 10.4. The molecule has 1 aliphatic carbocycles. The number of benzene rings is 1. The van der Waals surface area contributed by atoms with Crippen molar-refractivity contribution in [3.05, 3.63) is 69.9 Å². The Kier molecular flexibility index (Phi) is 6.67. The van der Waals surface area contributed by atoms with Crippen molar-refractivity contribution in [3.8, 4) is 6.07 Å². The normalized spacial score (nSPS) is 15.2. The highest BCUT2D eigenvalue weighted by Gasteiger charge is 2.44. The predicted molar refractivity (Wildman–Crippen MR) is 147 cm³/mol. The number of hydrogen-bond donors (Lipinski definition) is 2. The lowest BCUT2D eigenvalue weighted by Crippen LogP contribution is -2.20. The molecule has 2 N–H and O–H groups in total. The second-order valence-electron chi connectivity index (χ2n) is 11.5. The van der Waals surface area contributed by atoms with Crippen LogP contribution in [0.25, 0.3) is 10.9 Å². The summed E-state index contributed by atoms with van der Waals surface area (Å²) in [5.41, 5.74) is 2.56. The second-order valence-corrected chi connectivity index (χ2v) is 11.9. The van der Waals surface area contributed by atoms with E-state index in [2.05, 4.69) is 57.8 Å². The first-order valence-corrected chi connectivity index (χ1v) is 13.1. The van der Waals surface area contributed by atoms with Crippen molar-refractivity contribution in [2.75, 3.05) is 17.2 Å². The molecule has 1 aliphatic rings. The van der Waals surface area contributed by atoms with Crippen molar-refractivity contribution in [1.82, 2.24) is 25.0 Å². The molecule has 3 heterocycles. The van der Waals surface area contributed by atoms with Gasteiger partial charge in [-0.15, -0.1) is 5.10 Å². The van der Waals surface area contributed by atoms with E-state index in [0.29, 0.717) is 50.7 Å². The van der Waals surface area contributed by atoms with Gasteiger partial charge >= 0.3 is 0 Å². The van der Waals surface area contributed by atoms with Crippen LogP contribution in [0.5, 0.6) is 0 Å². The van der Waals surface area contributed by atoms with Gasteiger partial charge in [0.25, 0.3) is 0 Å². The lowest BCUT2D eigenvalue weighted by molar-refractivity contribution is 0.371. The van der Waals surface area contributed by atoms with Gasteiger partial charge in [0, 0.05) is 35.1 Å². The Hall–Kier alpha value is -3.84. The van der Waals surface area contributed by atoms with Crippen molar-refractivity contribution in [1.29, 1.82) is 5.26 Å². The van der Waals surface area contributed by atoms with Gasteiger partial charge in [-0.05, 0) is 50.3 Å². The Labute approximate surface area is 230 Å². The molecule has 1 aromatic carbocycles. The van der Waals surface area contributed by atoms with Crippen LogP contribution in [0.1, 0.15) is 69.1 Å².